The van der Waals surface area contributed by atoms with Crippen LogP contribution in [0.5, 0.6) is 5.75 Å². The summed E-state index contributed by atoms with van der Waals surface area (Å²) in [4.78, 5) is 11.7. The maximum absolute atomic E-state index is 11.7. The molecule has 27 heavy (non-hydrogen) atoms. The molecule has 0 radical (unpaired) electrons. The van der Waals surface area contributed by atoms with Gasteiger partial charge in [0.1, 0.15) is 5.75 Å². The summed E-state index contributed by atoms with van der Waals surface area (Å²) in [5.41, 5.74) is 3.30. The lowest BCUT2D eigenvalue weighted by Gasteiger charge is -2.21. The molecule has 2 aromatic carbocycles. The molecule has 0 N–H and O–H groups in total. The zero-order chi connectivity index (χ0) is 20.0. The third kappa shape index (κ3) is 6.23. The molecule has 0 bridgehead atoms. The van der Waals surface area contributed by atoms with Gasteiger partial charge in [-0.25, -0.2) is 0 Å². The van der Waals surface area contributed by atoms with Crippen LogP contribution in [0.3, 0.4) is 0 Å². The van der Waals surface area contributed by atoms with E-state index in [4.69, 9.17) is 9.47 Å². The fourth-order valence-corrected chi connectivity index (χ4v) is 5.39. The van der Waals surface area contributed by atoms with Crippen molar-refractivity contribution in [3.63, 3.8) is 0 Å². The standard InChI is InChI=1S/C23H30IO3/c1-16-8-10-19(11-9-16)24-20-14-18(3)21(15-17(20)2)27-13-7-12-23(4,5)22(25)26-6/h8-11,14-15H,7,12-13H2,1-6H3/q+1. The van der Waals surface area contributed by atoms with Gasteiger partial charge in [-0.2, -0.15) is 0 Å². The van der Waals surface area contributed by atoms with Crippen LogP contribution >= 0.6 is 0 Å². The summed E-state index contributed by atoms with van der Waals surface area (Å²) >= 11 is -0.185. The zero-order valence-corrected chi connectivity index (χ0v) is 19.3. The minimum atomic E-state index is -0.467. The van der Waals surface area contributed by atoms with Crippen LogP contribution in [0.15, 0.2) is 36.4 Å². The largest absolute Gasteiger partial charge is 0.493 e. The first kappa shape index (κ1) is 21.7. The first-order chi connectivity index (χ1) is 12.7. The van der Waals surface area contributed by atoms with Crippen LogP contribution in [-0.4, -0.2) is 19.7 Å². The van der Waals surface area contributed by atoms with E-state index in [2.05, 4.69) is 57.2 Å². The Morgan fingerprint density at radius 1 is 1.04 bits per heavy atom. The highest BCUT2D eigenvalue weighted by Crippen LogP contribution is 2.25. The van der Waals surface area contributed by atoms with E-state index in [0.29, 0.717) is 6.61 Å². The number of halogens is 1. The Morgan fingerprint density at radius 2 is 1.70 bits per heavy atom. The number of hydrogen-bond acceptors (Lipinski definition) is 3. The summed E-state index contributed by atoms with van der Waals surface area (Å²) in [5.74, 6) is 0.777. The molecule has 0 saturated carbocycles. The molecule has 2 rings (SSSR count). The smallest absolute Gasteiger partial charge is 0.358 e. The third-order valence-corrected chi connectivity index (χ3v) is 7.70. The van der Waals surface area contributed by atoms with Gasteiger partial charge in [0.05, 0.1) is 19.1 Å². The van der Waals surface area contributed by atoms with Gasteiger partial charge in [-0.15, -0.1) is 0 Å². The Hall–Kier alpha value is -1.56. The molecule has 0 spiro atoms. The minimum absolute atomic E-state index is 0.168. The van der Waals surface area contributed by atoms with Crippen LogP contribution in [0, 0.1) is 33.3 Å². The predicted molar refractivity (Wildman–Crippen MR) is 105 cm³/mol. The number of ether oxygens (including phenoxy) is 2. The van der Waals surface area contributed by atoms with Gasteiger partial charge in [0.15, 0.2) is 7.14 Å². The average molecular weight is 481 g/mol. The molecule has 4 heteroatoms. The first-order valence-electron chi connectivity index (χ1n) is 9.27. The molecular formula is C23H30IO3+. The molecule has 0 fully saturated rings. The topological polar surface area (TPSA) is 35.5 Å². The quantitative estimate of drug-likeness (QED) is 0.329. The Kier molecular flexibility index (Phi) is 7.71. The number of aryl methyl sites for hydroxylation is 3. The highest BCUT2D eigenvalue weighted by atomic mass is 127. The molecule has 0 unspecified atom stereocenters. The molecular weight excluding hydrogens is 451 g/mol. The molecule has 0 amide bonds. The fraction of sp³-hybridized carbons (Fsp3) is 0.435. The van der Waals surface area contributed by atoms with E-state index in [1.165, 1.54) is 30.9 Å². The van der Waals surface area contributed by atoms with Crippen molar-refractivity contribution < 1.29 is 35.5 Å². The summed E-state index contributed by atoms with van der Waals surface area (Å²) in [5, 5.41) is 0. The van der Waals surface area contributed by atoms with Crippen LogP contribution in [0.2, 0.25) is 0 Å². The lowest BCUT2D eigenvalue weighted by molar-refractivity contribution is -0.598. The summed E-state index contributed by atoms with van der Waals surface area (Å²) in [6.45, 7) is 10.8. The van der Waals surface area contributed by atoms with Crippen molar-refractivity contribution in [1.29, 1.82) is 0 Å². The summed E-state index contributed by atoms with van der Waals surface area (Å²) in [6, 6.07) is 13.3. The van der Waals surface area contributed by atoms with Crippen LogP contribution in [0.4, 0.5) is 0 Å². The van der Waals surface area contributed by atoms with E-state index in [1.807, 2.05) is 13.8 Å². The maximum Gasteiger partial charge on any atom is 0.358 e. The molecule has 0 aliphatic carbocycles. The molecule has 0 atom stereocenters. The van der Waals surface area contributed by atoms with Crippen molar-refractivity contribution in [2.45, 2.75) is 47.5 Å². The number of esters is 1. The first-order valence-corrected chi connectivity index (χ1v) is 11.4. The van der Waals surface area contributed by atoms with Gasteiger partial charge < -0.3 is 9.47 Å². The monoisotopic (exact) mass is 481 g/mol. The van der Waals surface area contributed by atoms with Gasteiger partial charge in [-0.1, -0.05) is 17.7 Å². The minimum Gasteiger partial charge on any atom is -0.493 e. The van der Waals surface area contributed by atoms with Crippen molar-refractivity contribution in [3.8, 4) is 5.75 Å². The number of carbonyl (C=O) groups is 1. The van der Waals surface area contributed by atoms with Gasteiger partial charge in [0, 0.05) is 5.56 Å². The summed E-state index contributed by atoms with van der Waals surface area (Å²) in [6.07, 6.45) is 1.56. The van der Waals surface area contributed by atoms with Gasteiger partial charge in [-0.05, 0) is 77.3 Å². The number of rotatable bonds is 8. The highest BCUT2D eigenvalue weighted by Gasteiger charge is 2.28. The van der Waals surface area contributed by atoms with E-state index >= 15 is 0 Å². The lowest BCUT2D eigenvalue weighted by Crippen LogP contribution is -3.61. The molecule has 0 aliphatic rings. The number of hydrogen-bond donors (Lipinski definition) is 0. The van der Waals surface area contributed by atoms with Crippen molar-refractivity contribution in [1.82, 2.24) is 0 Å². The molecule has 0 saturated heterocycles. The average Bonchev–Trinajstić information content (AvgIpc) is 2.63. The van der Waals surface area contributed by atoms with Gasteiger partial charge in [0.2, 0.25) is 0 Å². The molecule has 2 aromatic rings. The maximum atomic E-state index is 11.7. The van der Waals surface area contributed by atoms with E-state index in [-0.39, 0.29) is 27.2 Å². The fourth-order valence-electron chi connectivity index (χ4n) is 2.80. The van der Waals surface area contributed by atoms with Crippen LogP contribution in [0.25, 0.3) is 0 Å². The third-order valence-electron chi connectivity index (χ3n) is 4.62. The van der Waals surface area contributed by atoms with Gasteiger partial charge in [0.25, 0.3) is 0 Å². The Bertz CT molecular complexity index is 779. The Morgan fingerprint density at radius 3 is 2.33 bits per heavy atom. The second-order valence-electron chi connectivity index (χ2n) is 7.58. The van der Waals surface area contributed by atoms with E-state index in [1.54, 1.807) is 0 Å². The van der Waals surface area contributed by atoms with Crippen LogP contribution in [0.1, 0.15) is 43.4 Å². The SMILES string of the molecule is COC(=O)C(C)(C)CCCOc1cc(C)c([I+]c2ccc(C)cc2)cc1C. The van der Waals surface area contributed by atoms with Gasteiger partial charge >= 0.3 is 27.2 Å². The second kappa shape index (κ2) is 9.58. The normalized spacial score (nSPS) is 11.3. The second-order valence-corrected chi connectivity index (χ2v) is 10.5. The molecule has 0 aliphatic heterocycles. The predicted octanol–water partition coefficient (Wildman–Crippen LogP) is 2.10. The molecule has 0 heterocycles. The highest BCUT2D eigenvalue weighted by molar-refractivity contribution is 5.75. The van der Waals surface area contributed by atoms with E-state index in [9.17, 15) is 4.79 Å². The van der Waals surface area contributed by atoms with E-state index < -0.39 is 5.41 Å². The summed E-state index contributed by atoms with van der Waals surface area (Å²) < 4.78 is 13.7. The van der Waals surface area contributed by atoms with Crippen molar-refractivity contribution >= 4 is 5.97 Å². The number of benzene rings is 2. The number of carbonyl (C=O) groups excluding carboxylic acids is 1. The lowest BCUT2D eigenvalue weighted by atomic mass is 9.88. The zero-order valence-electron chi connectivity index (χ0n) is 17.2. The molecule has 3 nitrogen and oxygen atoms in total. The summed E-state index contributed by atoms with van der Waals surface area (Å²) in [7, 11) is 1.44. The van der Waals surface area contributed by atoms with Crippen LogP contribution < -0.4 is 25.9 Å². The Balaban J connectivity index is 1.96. The van der Waals surface area contributed by atoms with Crippen molar-refractivity contribution in [2.75, 3.05) is 13.7 Å². The van der Waals surface area contributed by atoms with Crippen molar-refractivity contribution in [2.24, 2.45) is 5.41 Å². The van der Waals surface area contributed by atoms with Gasteiger partial charge in [-0.3, -0.25) is 4.79 Å². The molecule has 0 aromatic heterocycles. The van der Waals surface area contributed by atoms with Crippen LogP contribution in [-0.2, 0) is 9.53 Å². The Labute approximate surface area is 173 Å². The van der Waals surface area contributed by atoms with Crippen molar-refractivity contribution in [3.05, 3.63) is 60.2 Å². The van der Waals surface area contributed by atoms with E-state index in [0.717, 1.165) is 18.6 Å². The molecule has 146 valence electrons. The number of methoxy groups -OCH3 is 1.